The van der Waals surface area contributed by atoms with E-state index in [2.05, 4.69) is 26.1 Å². The molecule has 0 fully saturated rings. The van der Waals surface area contributed by atoms with E-state index in [0.29, 0.717) is 17.9 Å². The summed E-state index contributed by atoms with van der Waals surface area (Å²) >= 11 is 0. The first kappa shape index (κ1) is 13.9. The molecule has 0 aromatic rings. The van der Waals surface area contributed by atoms with Crippen LogP contribution in [0.5, 0.6) is 0 Å². The lowest BCUT2D eigenvalue weighted by Crippen LogP contribution is -2.40. The van der Waals surface area contributed by atoms with Gasteiger partial charge in [-0.3, -0.25) is 0 Å². The molecule has 0 aliphatic carbocycles. The summed E-state index contributed by atoms with van der Waals surface area (Å²) in [6.07, 6.45) is 0. The summed E-state index contributed by atoms with van der Waals surface area (Å²) in [6.45, 7) is 9.16. The molecule has 0 bridgehead atoms. The third-order valence-corrected chi connectivity index (χ3v) is 2.33. The maximum atomic E-state index is 5.16. The Labute approximate surface area is 88.2 Å². The number of nitrogens with one attached hydrogen (secondary N) is 1. The Morgan fingerprint density at radius 3 is 2.00 bits per heavy atom. The summed E-state index contributed by atoms with van der Waals surface area (Å²) in [5, 5.41) is 3.50. The van der Waals surface area contributed by atoms with E-state index in [0.717, 1.165) is 19.8 Å². The maximum Gasteiger partial charge on any atom is 0.0618 e. The lowest BCUT2D eigenvalue weighted by atomic mass is 10.0. The summed E-state index contributed by atoms with van der Waals surface area (Å²) in [4.78, 5) is 0. The molecule has 0 heterocycles. The number of hydrogen-bond acceptors (Lipinski definition) is 3. The average molecular weight is 203 g/mol. The third kappa shape index (κ3) is 6.35. The lowest BCUT2D eigenvalue weighted by molar-refractivity contribution is 0.130. The molecule has 3 nitrogen and oxygen atoms in total. The Hall–Kier alpha value is -0.120. The first-order valence-electron chi connectivity index (χ1n) is 5.33. The molecule has 3 heteroatoms. The van der Waals surface area contributed by atoms with Crippen molar-refractivity contribution in [2.75, 3.05) is 34.0 Å². The maximum absolute atomic E-state index is 5.16. The molecule has 0 saturated heterocycles. The van der Waals surface area contributed by atoms with Crippen LogP contribution in [0.2, 0.25) is 0 Å². The van der Waals surface area contributed by atoms with Gasteiger partial charge in [0.15, 0.2) is 0 Å². The lowest BCUT2D eigenvalue weighted by Gasteiger charge is -2.23. The quantitative estimate of drug-likeness (QED) is 0.649. The molecular formula is C11H25NO2. The third-order valence-electron chi connectivity index (χ3n) is 2.33. The first-order valence-corrected chi connectivity index (χ1v) is 5.33. The van der Waals surface area contributed by atoms with Gasteiger partial charge in [0.1, 0.15) is 0 Å². The van der Waals surface area contributed by atoms with Crippen LogP contribution in [-0.4, -0.2) is 40.0 Å². The van der Waals surface area contributed by atoms with Crippen LogP contribution < -0.4 is 5.32 Å². The highest BCUT2D eigenvalue weighted by molar-refractivity contribution is 4.71. The highest BCUT2D eigenvalue weighted by Gasteiger charge is 2.13. The van der Waals surface area contributed by atoms with Crippen molar-refractivity contribution in [3.05, 3.63) is 0 Å². The highest BCUT2D eigenvalue weighted by atomic mass is 16.5. The Morgan fingerprint density at radius 1 is 1.00 bits per heavy atom. The molecule has 0 amide bonds. The minimum atomic E-state index is 0.444. The van der Waals surface area contributed by atoms with Gasteiger partial charge in [0.2, 0.25) is 0 Å². The van der Waals surface area contributed by atoms with E-state index in [4.69, 9.17) is 9.47 Å². The molecule has 0 aliphatic heterocycles. The summed E-state index contributed by atoms with van der Waals surface area (Å²) < 4.78 is 10.2. The van der Waals surface area contributed by atoms with Crippen LogP contribution in [-0.2, 0) is 9.47 Å². The highest BCUT2D eigenvalue weighted by Crippen LogP contribution is 2.03. The van der Waals surface area contributed by atoms with Crippen molar-refractivity contribution in [1.82, 2.24) is 5.32 Å². The van der Waals surface area contributed by atoms with E-state index in [1.807, 2.05) is 0 Å². The van der Waals surface area contributed by atoms with Gasteiger partial charge in [0.25, 0.3) is 0 Å². The summed E-state index contributed by atoms with van der Waals surface area (Å²) in [5.74, 6) is 1.16. The molecule has 0 radical (unpaired) electrons. The van der Waals surface area contributed by atoms with Crippen LogP contribution in [0.15, 0.2) is 0 Å². The smallest absolute Gasteiger partial charge is 0.0618 e. The molecule has 0 aromatic heterocycles. The van der Waals surface area contributed by atoms with Crippen molar-refractivity contribution in [3.8, 4) is 0 Å². The van der Waals surface area contributed by atoms with Crippen LogP contribution in [0.25, 0.3) is 0 Å². The average Bonchev–Trinajstić information content (AvgIpc) is 2.12. The van der Waals surface area contributed by atoms with Gasteiger partial charge >= 0.3 is 0 Å². The van der Waals surface area contributed by atoms with Gasteiger partial charge in [-0.1, -0.05) is 20.8 Å². The van der Waals surface area contributed by atoms with Crippen LogP contribution in [0.1, 0.15) is 20.8 Å². The Kier molecular flexibility index (Phi) is 8.14. The second-order valence-corrected chi connectivity index (χ2v) is 4.27. The standard InChI is InChI=1S/C11H25NO2/c1-9(2)11(8-14-5)12-6-10(3)7-13-4/h9-12H,6-8H2,1-5H3. The Balaban J connectivity index is 3.69. The summed E-state index contributed by atoms with van der Waals surface area (Å²) in [5.41, 5.74) is 0. The molecule has 0 aromatic carbocycles. The Bertz CT molecular complexity index is 128. The molecule has 1 N–H and O–H groups in total. The van der Waals surface area contributed by atoms with Crippen molar-refractivity contribution in [2.45, 2.75) is 26.8 Å². The van der Waals surface area contributed by atoms with Gasteiger partial charge in [-0.2, -0.15) is 0 Å². The fraction of sp³-hybridized carbons (Fsp3) is 1.00. The van der Waals surface area contributed by atoms with E-state index >= 15 is 0 Å². The van der Waals surface area contributed by atoms with E-state index in [-0.39, 0.29) is 0 Å². The molecule has 0 saturated carbocycles. The first-order chi connectivity index (χ1) is 6.61. The normalized spacial score (nSPS) is 15.9. The SMILES string of the molecule is COCC(C)CNC(COC)C(C)C. The number of hydrogen-bond donors (Lipinski definition) is 1. The predicted octanol–water partition coefficient (Wildman–Crippen LogP) is 1.53. The van der Waals surface area contributed by atoms with Gasteiger partial charge < -0.3 is 14.8 Å². The number of ether oxygens (including phenoxy) is 2. The molecule has 0 rings (SSSR count). The zero-order valence-electron chi connectivity index (χ0n) is 10.2. The molecule has 0 spiro atoms. The molecule has 0 aliphatic rings. The van der Waals surface area contributed by atoms with E-state index in [1.54, 1.807) is 14.2 Å². The fourth-order valence-corrected chi connectivity index (χ4v) is 1.36. The van der Waals surface area contributed by atoms with Crippen molar-refractivity contribution in [1.29, 1.82) is 0 Å². The van der Waals surface area contributed by atoms with Crippen molar-refractivity contribution in [3.63, 3.8) is 0 Å². The topological polar surface area (TPSA) is 30.5 Å². The van der Waals surface area contributed by atoms with Gasteiger partial charge in [-0.15, -0.1) is 0 Å². The minimum Gasteiger partial charge on any atom is -0.384 e. The zero-order chi connectivity index (χ0) is 11.0. The predicted molar refractivity (Wildman–Crippen MR) is 59.5 cm³/mol. The van der Waals surface area contributed by atoms with Crippen LogP contribution in [0.4, 0.5) is 0 Å². The van der Waals surface area contributed by atoms with Crippen molar-refractivity contribution in [2.24, 2.45) is 11.8 Å². The number of methoxy groups -OCH3 is 2. The summed E-state index contributed by atoms with van der Waals surface area (Å²) in [7, 11) is 3.49. The van der Waals surface area contributed by atoms with Crippen LogP contribution >= 0.6 is 0 Å². The molecular weight excluding hydrogens is 178 g/mol. The van der Waals surface area contributed by atoms with Crippen molar-refractivity contribution >= 4 is 0 Å². The van der Waals surface area contributed by atoms with E-state index in [1.165, 1.54) is 0 Å². The Morgan fingerprint density at radius 2 is 1.57 bits per heavy atom. The molecule has 2 atom stereocenters. The van der Waals surface area contributed by atoms with Crippen LogP contribution in [0, 0.1) is 11.8 Å². The molecule has 2 unspecified atom stereocenters. The second kappa shape index (κ2) is 8.21. The van der Waals surface area contributed by atoms with E-state index < -0.39 is 0 Å². The van der Waals surface area contributed by atoms with Crippen LogP contribution in [0.3, 0.4) is 0 Å². The van der Waals surface area contributed by atoms with Gasteiger partial charge in [-0.05, 0) is 11.8 Å². The number of rotatable bonds is 8. The molecule has 14 heavy (non-hydrogen) atoms. The second-order valence-electron chi connectivity index (χ2n) is 4.27. The van der Waals surface area contributed by atoms with Crippen molar-refractivity contribution < 1.29 is 9.47 Å². The largest absolute Gasteiger partial charge is 0.384 e. The monoisotopic (exact) mass is 203 g/mol. The van der Waals surface area contributed by atoms with Gasteiger partial charge in [0.05, 0.1) is 6.61 Å². The fourth-order valence-electron chi connectivity index (χ4n) is 1.36. The van der Waals surface area contributed by atoms with Gasteiger partial charge in [0, 0.05) is 33.4 Å². The minimum absolute atomic E-state index is 0.444. The zero-order valence-corrected chi connectivity index (χ0v) is 10.2. The molecule has 86 valence electrons. The van der Waals surface area contributed by atoms with Gasteiger partial charge in [-0.25, -0.2) is 0 Å². The summed E-state index contributed by atoms with van der Waals surface area (Å²) in [6, 6.07) is 0.444. The van der Waals surface area contributed by atoms with E-state index in [9.17, 15) is 0 Å².